The number of carbonyl (C=O) groups is 1. The molecule has 0 aromatic carbocycles. The summed E-state index contributed by atoms with van der Waals surface area (Å²) in [4.78, 5) is 14.0. The van der Waals surface area contributed by atoms with Gasteiger partial charge in [0, 0.05) is 17.9 Å². The second-order valence-corrected chi connectivity index (χ2v) is 6.06. The minimum atomic E-state index is -0.401. The van der Waals surface area contributed by atoms with E-state index in [9.17, 15) is 4.79 Å². The number of nitrogens with zero attached hydrogens (tertiary/aromatic N) is 1. The standard InChI is InChI=1S/C14H21NO3S/c1-10-9-12(18-13(10)14(16)17-3)11(2)15-5-4-7-19-8-6-15/h9,11H,4-8H2,1-3H3/t11-/m1/s1. The first-order valence-corrected chi connectivity index (χ1v) is 7.79. The Kier molecular flexibility index (Phi) is 4.93. The Morgan fingerprint density at radius 2 is 2.26 bits per heavy atom. The van der Waals surface area contributed by atoms with Crippen LogP contribution >= 0.6 is 11.8 Å². The van der Waals surface area contributed by atoms with Crippen molar-refractivity contribution >= 4 is 17.7 Å². The predicted octanol–water partition coefficient (Wildman–Crippen LogP) is 2.87. The molecule has 1 aliphatic rings. The van der Waals surface area contributed by atoms with Crippen molar-refractivity contribution in [3.05, 3.63) is 23.2 Å². The molecule has 0 bridgehead atoms. The molecular formula is C14H21NO3S. The molecule has 19 heavy (non-hydrogen) atoms. The quantitative estimate of drug-likeness (QED) is 0.798. The SMILES string of the molecule is COC(=O)c1oc([C@@H](C)N2CCCSCC2)cc1C. The van der Waals surface area contributed by atoms with Crippen LogP contribution in [-0.4, -0.2) is 42.6 Å². The molecule has 1 aliphatic heterocycles. The third kappa shape index (κ3) is 3.34. The Hall–Kier alpha value is -0.940. The Morgan fingerprint density at radius 3 is 3.00 bits per heavy atom. The minimum absolute atomic E-state index is 0.204. The number of aryl methyl sites for hydroxylation is 1. The molecule has 106 valence electrons. The first-order chi connectivity index (χ1) is 9.13. The van der Waals surface area contributed by atoms with Gasteiger partial charge in [0.05, 0.1) is 13.2 Å². The third-order valence-corrected chi connectivity index (χ3v) is 4.57. The zero-order chi connectivity index (χ0) is 13.8. The van der Waals surface area contributed by atoms with Gasteiger partial charge in [-0.3, -0.25) is 4.90 Å². The number of hydrogen-bond acceptors (Lipinski definition) is 5. The van der Waals surface area contributed by atoms with Crippen molar-refractivity contribution in [3.63, 3.8) is 0 Å². The van der Waals surface area contributed by atoms with Crippen LogP contribution in [0.4, 0.5) is 0 Å². The molecule has 0 aliphatic carbocycles. The smallest absolute Gasteiger partial charge is 0.374 e. The van der Waals surface area contributed by atoms with Gasteiger partial charge < -0.3 is 9.15 Å². The molecule has 1 aromatic heterocycles. The summed E-state index contributed by atoms with van der Waals surface area (Å²) in [6, 6.07) is 2.16. The van der Waals surface area contributed by atoms with Gasteiger partial charge in [-0.2, -0.15) is 11.8 Å². The lowest BCUT2D eigenvalue weighted by atomic mass is 10.2. The molecule has 0 saturated carbocycles. The average molecular weight is 283 g/mol. The van der Waals surface area contributed by atoms with Crippen LogP contribution in [0.2, 0.25) is 0 Å². The third-order valence-electron chi connectivity index (χ3n) is 3.52. The summed E-state index contributed by atoms with van der Waals surface area (Å²) in [5, 5.41) is 0. The van der Waals surface area contributed by atoms with Crippen molar-refractivity contribution in [1.82, 2.24) is 4.90 Å². The molecule has 0 amide bonds. The number of hydrogen-bond donors (Lipinski definition) is 0. The van der Waals surface area contributed by atoms with Crippen molar-refractivity contribution in [3.8, 4) is 0 Å². The zero-order valence-electron chi connectivity index (χ0n) is 11.8. The van der Waals surface area contributed by atoms with E-state index in [4.69, 9.17) is 9.15 Å². The van der Waals surface area contributed by atoms with Crippen molar-refractivity contribution in [2.45, 2.75) is 26.3 Å². The van der Waals surface area contributed by atoms with Gasteiger partial charge >= 0.3 is 5.97 Å². The fourth-order valence-electron chi connectivity index (χ4n) is 2.34. The Labute approximate surface area is 118 Å². The van der Waals surface area contributed by atoms with E-state index in [1.54, 1.807) is 0 Å². The van der Waals surface area contributed by atoms with Gasteiger partial charge in [-0.05, 0) is 38.6 Å². The summed E-state index contributed by atoms with van der Waals surface area (Å²) in [5.41, 5.74) is 0.845. The number of rotatable bonds is 3. The van der Waals surface area contributed by atoms with Gasteiger partial charge in [0.1, 0.15) is 5.76 Å². The maximum atomic E-state index is 11.6. The van der Waals surface area contributed by atoms with Gasteiger partial charge in [0.15, 0.2) is 0 Å². The van der Waals surface area contributed by atoms with E-state index in [1.165, 1.54) is 19.3 Å². The van der Waals surface area contributed by atoms with Crippen LogP contribution in [0.25, 0.3) is 0 Å². The fourth-order valence-corrected chi connectivity index (χ4v) is 3.24. The van der Waals surface area contributed by atoms with Crippen molar-refractivity contribution in [2.75, 3.05) is 31.7 Å². The van der Waals surface area contributed by atoms with Crippen LogP contribution in [0.1, 0.15) is 41.3 Å². The average Bonchev–Trinajstić information content (AvgIpc) is 2.65. The maximum Gasteiger partial charge on any atom is 0.374 e. The predicted molar refractivity (Wildman–Crippen MR) is 76.7 cm³/mol. The number of esters is 1. The molecule has 0 radical (unpaired) electrons. The van der Waals surface area contributed by atoms with Crippen LogP contribution < -0.4 is 0 Å². The van der Waals surface area contributed by atoms with Crippen molar-refractivity contribution in [1.29, 1.82) is 0 Å². The summed E-state index contributed by atoms with van der Waals surface area (Å²) in [6.45, 7) is 6.17. The minimum Gasteiger partial charge on any atom is -0.463 e. The highest BCUT2D eigenvalue weighted by Gasteiger charge is 2.23. The van der Waals surface area contributed by atoms with Gasteiger partial charge in [-0.1, -0.05) is 0 Å². The van der Waals surface area contributed by atoms with Gasteiger partial charge in [0.2, 0.25) is 5.76 Å². The molecule has 5 heteroatoms. The topological polar surface area (TPSA) is 42.7 Å². The number of ether oxygens (including phenoxy) is 1. The summed E-state index contributed by atoms with van der Waals surface area (Å²) >= 11 is 2.00. The van der Waals surface area contributed by atoms with E-state index in [-0.39, 0.29) is 6.04 Å². The van der Waals surface area contributed by atoms with Crippen LogP contribution in [0.15, 0.2) is 10.5 Å². The Bertz CT molecular complexity index is 436. The normalized spacial score (nSPS) is 18.9. The molecule has 0 spiro atoms. The molecule has 4 nitrogen and oxygen atoms in total. The molecule has 1 fully saturated rings. The molecule has 1 atom stereocenters. The highest BCUT2D eigenvalue weighted by Crippen LogP contribution is 2.27. The second kappa shape index (κ2) is 6.48. The number of furan rings is 1. The summed E-state index contributed by atoms with van der Waals surface area (Å²) in [5.74, 6) is 3.17. The molecule has 1 saturated heterocycles. The Balaban J connectivity index is 2.14. The van der Waals surface area contributed by atoms with E-state index in [2.05, 4.69) is 11.8 Å². The van der Waals surface area contributed by atoms with Crippen LogP contribution in [-0.2, 0) is 4.74 Å². The van der Waals surface area contributed by atoms with Crippen molar-refractivity contribution < 1.29 is 13.9 Å². The maximum absolute atomic E-state index is 11.6. The lowest BCUT2D eigenvalue weighted by molar-refractivity contribution is 0.0558. The van der Waals surface area contributed by atoms with Gasteiger partial charge in [0.25, 0.3) is 0 Å². The van der Waals surface area contributed by atoms with Crippen LogP contribution in [0.5, 0.6) is 0 Å². The van der Waals surface area contributed by atoms with Crippen LogP contribution in [0.3, 0.4) is 0 Å². The van der Waals surface area contributed by atoms with E-state index in [0.29, 0.717) is 5.76 Å². The first-order valence-electron chi connectivity index (χ1n) is 6.64. The van der Waals surface area contributed by atoms with E-state index < -0.39 is 5.97 Å². The molecular weight excluding hydrogens is 262 g/mol. The molecule has 2 heterocycles. The van der Waals surface area contributed by atoms with Crippen molar-refractivity contribution in [2.24, 2.45) is 0 Å². The fraction of sp³-hybridized carbons (Fsp3) is 0.643. The monoisotopic (exact) mass is 283 g/mol. The van der Waals surface area contributed by atoms with Crippen LogP contribution in [0, 0.1) is 6.92 Å². The highest BCUT2D eigenvalue weighted by atomic mass is 32.2. The summed E-state index contributed by atoms with van der Waals surface area (Å²) < 4.78 is 10.4. The molecule has 0 N–H and O–H groups in total. The molecule has 0 unspecified atom stereocenters. The van der Waals surface area contributed by atoms with E-state index in [1.807, 2.05) is 24.8 Å². The number of methoxy groups -OCH3 is 1. The van der Waals surface area contributed by atoms with E-state index >= 15 is 0 Å². The van der Waals surface area contributed by atoms with Gasteiger partial charge in [-0.15, -0.1) is 0 Å². The van der Waals surface area contributed by atoms with E-state index in [0.717, 1.165) is 30.2 Å². The first kappa shape index (κ1) is 14.5. The lowest BCUT2D eigenvalue weighted by Crippen LogP contribution is -2.28. The summed E-state index contributed by atoms with van der Waals surface area (Å²) in [6.07, 6.45) is 1.21. The molecule has 1 aromatic rings. The zero-order valence-corrected chi connectivity index (χ0v) is 12.6. The second-order valence-electron chi connectivity index (χ2n) is 4.83. The largest absolute Gasteiger partial charge is 0.463 e. The number of carbonyl (C=O) groups excluding carboxylic acids is 1. The molecule has 2 rings (SSSR count). The highest BCUT2D eigenvalue weighted by molar-refractivity contribution is 7.99. The van der Waals surface area contributed by atoms with Gasteiger partial charge in [-0.25, -0.2) is 4.79 Å². The number of thioether (sulfide) groups is 1. The lowest BCUT2D eigenvalue weighted by Gasteiger charge is -2.25. The summed E-state index contributed by atoms with van der Waals surface area (Å²) in [7, 11) is 1.37. The Morgan fingerprint density at radius 1 is 1.47 bits per heavy atom.